The van der Waals surface area contributed by atoms with Gasteiger partial charge in [0.25, 0.3) is 5.91 Å². The van der Waals surface area contributed by atoms with E-state index in [9.17, 15) is 18.0 Å². The number of thioether (sulfide) groups is 1. The molecule has 1 aliphatic heterocycles. The van der Waals surface area contributed by atoms with E-state index in [4.69, 9.17) is 0 Å². The molecule has 1 aliphatic rings. The zero-order valence-corrected chi connectivity index (χ0v) is 14.8. The summed E-state index contributed by atoms with van der Waals surface area (Å²) in [5.41, 5.74) is -0.0892. The minimum absolute atomic E-state index is 0.135. The molecule has 1 amide bonds. The van der Waals surface area contributed by atoms with E-state index in [0.717, 1.165) is 10.5 Å². The number of hydrogen-bond donors (Lipinski definition) is 0. The summed E-state index contributed by atoms with van der Waals surface area (Å²) >= 11 is 4.67. The Morgan fingerprint density at radius 1 is 1.17 bits per heavy atom. The average Bonchev–Trinajstić information content (AvgIpc) is 3.03. The molecule has 0 saturated carbocycles. The lowest BCUT2D eigenvalue weighted by Crippen LogP contribution is -2.31. The fraction of sp³-hybridized carbons (Fsp3) is 0.235. The Kier molecular flexibility index (Phi) is 4.92. The standard InChI is InChI=1S/C17H13BrF3NOS/c18-12-5-3-4-11(10-12)15(23)22-8-9-24-16(22)13-6-1-2-7-14(13)17(19,20)21/h1-7,10,16H,8-9H2. The normalized spacial score (nSPS) is 18.0. The van der Waals surface area contributed by atoms with Crippen LogP contribution in [0.3, 0.4) is 0 Å². The summed E-state index contributed by atoms with van der Waals surface area (Å²) in [6, 6.07) is 12.3. The van der Waals surface area contributed by atoms with Crippen LogP contribution in [0.5, 0.6) is 0 Å². The van der Waals surface area contributed by atoms with Crippen molar-refractivity contribution < 1.29 is 18.0 Å². The number of amides is 1. The Morgan fingerprint density at radius 3 is 2.62 bits per heavy atom. The number of carbonyl (C=O) groups excluding carboxylic acids is 1. The summed E-state index contributed by atoms with van der Waals surface area (Å²) in [6.07, 6.45) is -4.44. The van der Waals surface area contributed by atoms with Crippen molar-refractivity contribution in [1.29, 1.82) is 0 Å². The largest absolute Gasteiger partial charge is 0.416 e. The number of benzene rings is 2. The van der Waals surface area contributed by atoms with Crippen molar-refractivity contribution in [2.24, 2.45) is 0 Å². The molecule has 1 saturated heterocycles. The Bertz CT molecular complexity index is 765. The van der Waals surface area contributed by atoms with E-state index in [1.165, 1.54) is 28.8 Å². The van der Waals surface area contributed by atoms with Gasteiger partial charge in [-0.3, -0.25) is 4.79 Å². The van der Waals surface area contributed by atoms with E-state index >= 15 is 0 Å². The number of hydrogen-bond acceptors (Lipinski definition) is 2. The summed E-state index contributed by atoms with van der Waals surface area (Å²) in [5, 5.41) is -0.630. The van der Waals surface area contributed by atoms with Gasteiger partial charge in [-0.2, -0.15) is 13.2 Å². The predicted octanol–water partition coefficient (Wildman–Crippen LogP) is 5.36. The molecular weight excluding hydrogens is 403 g/mol. The molecule has 126 valence electrons. The van der Waals surface area contributed by atoms with E-state index in [1.807, 2.05) is 0 Å². The van der Waals surface area contributed by atoms with Gasteiger partial charge < -0.3 is 4.90 Å². The van der Waals surface area contributed by atoms with Gasteiger partial charge in [-0.15, -0.1) is 11.8 Å². The highest BCUT2D eigenvalue weighted by Crippen LogP contribution is 2.44. The van der Waals surface area contributed by atoms with Gasteiger partial charge in [0, 0.05) is 22.3 Å². The van der Waals surface area contributed by atoms with E-state index in [1.54, 1.807) is 30.3 Å². The molecule has 0 radical (unpaired) electrons. The lowest BCUT2D eigenvalue weighted by Gasteiger charge is -2.26. The Morgan fingerprint density at radius 2 is 1.92 bits per heavy atom. The molecule has 0 aromatic heterocycles. The molecule has 1 fully saturated rings. The van der Waals surface area contributed by atoms with Crippen LogP contribution in [0, 0.1) is 0 Å². The molecule has 0 N–H and O–H groups in total. The zero-order chi connectivity index (χ0) is 17.3. The van der Waals surface area contributed by atoms with E-state index in [2.05, 4.69) is 15.9 Å². The molecule has 1 atom stereocenters. The van der Waals surface area contributed by atoms with Crippen LogP contribution in [0.1, 0.15) is 26.9 Å². The van der Waals surface area contributed by atoms with Gasteiger partial charge in [0.2, 0.25) is 0 Å². The maximum atomic E-state index is 13.3. The Balaban J connectivity index is 1.96. The lowest BCUT2D eigenvalue weighted by atomic mass is 10.1. The second-order valence-electron chi connectivity index (χ2n) is 5.32. The molecule has 2 nitrogen and oxygen atoms in total. The minimum atomic E-state index is -4.44. The smallest absolute Gasteiger partial charge is 0.322 e. The van der Waals surface area contributed by atoms with Crippen molar-refractivity contribution in [1.82, 2.24) is 4.90 Å². The molecule has 0 spiro atoms. The number of rotatable bonds is 2. The fourth-order valence-corrected chi connectivity index (χ4v) is 4.38. The van der Waals surface area contributed by atoms with Crippen molar-refractivity contribution in [3.8, 4) is 0 Å². The average molecular weight is 416 g/mol. The molecule has 24 heavy (non-hydrogen) atoms. The summed E-state index contributed by atoms with van der Waals surface area (Å²) in [7, 11) is 0. The first-order valence-electron chi connectivity index (χ1n) is 7.22. The molecule has 0 aliphatic carbocycles. The molecule has 2 aromatic carbocycles. The molecule has 0 bridgehead atoms. The third kappa shape index (κ3) is 3.47. The van der Waals surface area contributed by atoms with Crippen LogP contribution in [-0.2, 0) is 6.18 Å². The first-order chi connectivity index (χ1) is 11.4. The molecule has 2 aromatic rings. The quantitative estimate of drug-likeness (QED) is 0.658. The topological polar surface area (TPSA) is 20.3 Å². The lowest BCUT2D eigenvalue weighted by molar-refractivity contribution is -0.138. The number of alkyl halides is 3. The molecule has 1 unspecified atom stereocenters. The van der Waals surface area contributed by atoms with E-state index in [0.29, 0.717) is 17.9 Å². The molecule has 1 heterocycles. The summed E-state index contributed by atoms with van der Waals surface area (Å²) < 4.78 is 40.6. The van der Waals surface area contributed by atoms with Crippen molar-refractivity contribution in [2.45, 2.75) is 11.6 Å². The fourth-order valence-electron chi connectivity index (χ4n) is 2.69. The van der Waals surface area contributed by atoms with Crippen LogP contribution in [-0.4, -0.2) is 23.1 Å². The highest BCUT2D eigenvalue weighted by atomic mass is 79.9. The van der Waals surface area contributed by atoms with Crippen molar-refractivity contribution in [2.75, 3.05) is 12.3 Å². The van der Waals surface area contributed by atoms with Gasteiger partial charge in [-0.25, -0.2) is 0 Å². The number of halogens is 4. The van der Waals surface area contributed by atoms with Crippen LogP contribution in [0.4, 0.5) is 13.2 Å². The number of carbonyl (C=O) groups is 1. The maximum absolute atomic E-state index is 13.3. The van der Waals surface area contributed by atoms with Gasteiger partial charge >= 0.3 is 6.18 Å². The monoisotopic (exact) mass is 415 g/mol. The Labute approximate surface area is 150 Å². The van der Waals surface area contributed by atoms with E-state index in [-0.39, 0.29) is 11.5 Å². The predicted molar refractivity (Wildman–Crippen MR) is 91.8 cm³/mol. The van der Waals surface area contributed by atoms with Gasteiger partial charge in [0.15, 0.2) is 0 Å². The van der Waals surface area contributed by atoms with E-state index < -0.39 is 17.1 Å². The van der Waals surface area contributed by atoms with Crippen LogP contribution in [0.2, 0.25) is 0 Å². The third-order valence-electron chi connectivity index (χ3n) is 3.76. The van der Waals surface area contributed by atoms with Crippen molar-refractivity contribution in [3.05, 3.63) is 69.7 Å². The third-order valence-corrected chi connectivity index (χ3v) is 5.49. The minimum Gasteiger partial charge on any atom is -0.322 e. The van der Waals surface area contributed by atoms with Gasteiger partial charge in [-0.05, 0) is 29.8 Å². The summed E-state index contributed by atoms with van der Waals surface area (Å²) in [6.45, 7) is 0.423. The second kappa shape index (κ2) is 6.80. The summed E-state index contributed by atoms with van der Waals surface area (Å²) in [5.74, 6) is 0.347. The highest BCUT2D eigenvalue weighted by molar-refractivity contribution is 9.10. The van der Waals surface area contributed by atoms with Crippen LogP contribution in [0.15, 0.2) is 53.0 Å². The first kappa shape index (κ1) is 17.4. The van der Waals surface area contributed by atoms with Crippen LogP contribution >= 0.6 is 27.7 Å². The molecule has 7 heteroatoms. The van der Waals surface area contributed by atoms with Crippen LogP contribution in [0.25, 0.3) is 0 Å². The highest BCUT2D eigenvalue weighted by Gasteiger charge is 2.39. The van der Waals surface area contributed by atoms with Gasteiger partial charge in [0.05, 0.1) is 5.56 Å². The maximum Gasteiger partial charge on any atom is 0.416 e. The SMILES string of the molecule is O=C(c1cccc(Br)c1)N1CCSC1c1ccccc1C(F)(F)F. The summed E-state index contributed by atoms with van der Waals surface area (Å²) in [4.78, 5) is 14.3. The molecular formula is C17H13BrF3NOS. The Hall–Kier alpha value is -1.47. The van der Waals surface area contributed by atoms with Crippen LogP contribution < -0.4 is 0 Å². The molecule has 3 rings (SSSR count). The second-order valence-corrected chi connectivity index (χ2v) is 7.42. The van der Waals surface area contributed by atoms with Gasteiger partial charge in [0.1, 0.15) is 5.37 Å². The van der Waals surface area contributed by atoms with Gasteiger partial charge in [-0.1, -0.05) is 40.2 Å². The van der Waals surface area contributed by atoms with Crippen molar-refractivity contribution >= 4 is 33.6 Å². The first-order valence-corrected chi connectivity index (χ1v) is 9.06. The number of nitrogens with zero attached hydrogens (tertiary/aromatic N) is 1. The zero-order valence-electron chi connectivity index (χ0n) is 12.4. The van der Waals surface area contributed by atoms with Crippen molar-refractivity contribution in [3.63, 3.8) is 0 Å².